The molecule has 2 aromatic carbocycles. The van der Waals surface area contributed by atoms with Gasteiger partial charge in [0.25, 0.3) is 0 Å². The standard InChI is InChI=1S/2C24H25FN6O4S/c2*1-15-8-9-17(11-26-15)24-30-29-22(31(24)23-19(34-3)6-5-7-20(23)35-4)14-36(32,33)16(2)10-21-27-12-18(25)13-28-21/h2*5-9,11-13,16H,10,14H2,1-4H3/t2*16-/m10/s1. The van der Waals surface area contributed by atoms with Crippen molar-refractivity contribution in [2.45, 2.75) is 62.5 Å². The van der Waals surface area contributed by atoms with E-state index in [1.165, 1.54) is 28.4 Å². The summed E-state index contributed by atoms with van der Waals surface area (Å²) in [5.74, 6) is 1.30. The van der Waals surface area contributed by atoms with Crippen LogP contribution in [0, 0.1) is 25.5 Å². The Bertz CT molecular complexity index is 3090. The summed E-state index contributed by atoms with van der Waals surface area (Å²) in [7, 11) is -1.48. The molecule has 8 rings (SSSR count). The van der Waals surface area contributed by atoms with Crippen molar-refractivity contribution in [3.05, 3.63) is 144 Å². The van der Waals surface area contributed by atoms with Gasteiger partial charge in [-0.1, -0.05) is 12.1 Å². The molecule has 376 valence electrons. The number of rotatable bonds is 18. The van der Waals surface area contributed by atoms with Crippen molar-refractivity contribution >= 4 is 19.7 Å². The van der Waals surface area contributed by atoms with E-state index in [0.717, 1.165) is 36.2 Å². The highest BCUT2D eigenvalue weighted by atomic mass is 32.2. The number of ether oxygens (including phenoxy) is 4. The smallest absolute Gasteiger partial charge is 0.170 e. The van der Waals surface area contributed by atoms with E-state index >= 15 is 0 Å². The Morgan fingerprint density at radius 3 is 1.11 bits per heavy atom. The van der Waals surface area contributed by atoms with Gasteiger partial charge in [-0.25, -0.2) is 45.6 Å². The fourth-order valence-corrected chi connectivity index (χ4v) is 9.74. The highest BCUT2D eigenvalue weighted by molar-refractivity contribution is 7.91. The Hall–Kier alpha value is -7.86. The minimum absolute atomic E-state index is 0.0173. The summed E-state index contributed by atoms with van der Waals surface area (Å²) in [4.78, 5) is 24.2. The third-order valence-electron chi connectivity index (χ3n) is 11.2. The first-order valence-corrected chi connectivity index (χ1v) is 25.4. The van der Waals surface area contributed by atoms with Crippen molar-refractivity contribution in [1.29, 1.82) is 0 Å². The van der Waals surface area contributed by atoms with Gasteiger partial charge in [-0.15, -0.1) is 20.4 Å². The number of benzene rings is 2. The van der Waals surface area contributed by atoms with Gasteiger partial charge >= 0.3 is 0 Å². The SMILES string of the molecule is COc1cccc(OC)c1-n1c(CS(=O)(=O)[C@@H](C)Cc2ncc(F)cn2)nnc1-c1ccc(C)nc1.COc1cccc(OC)c1-n1c(CS(=O)(=O)[C@H](C)Cc2ncc(F)cn2)nnc1-c1ccc(C)nc1. The lowest BCUT2D eigenvalue weighted by atomic mass is 10.2. The van der Waals surface area contributed by atoms with E-state index < -0.39 is 53.3 Å². The highest BCUT2D eigenvalue weighted by Gasteiger charge is 2.31. The molecule has 0 saturated heterocycles. The molecule has 24 heteroatoms. The first-order chi connectivity index (χ1) is 34.5. The number of nitrogens with zero attached hydrogens (tertiary/aromatic N) is 12. The van der Waals surface area contributed by atoms with E-state index in [-0.39, 0.29) is 36.1 Å². The third kappa shape index (κ3) is 11.8. The van der Waals surface area contributed by atoms with Crippen LogP contribution in [0.5, 0.6) is 23.0 Å². The molecule has 0 fully saturated rings. The zero-order valence-corrected chi connectivity index (χ0v) is 42.1. The largest absolute Gasteiger partial charge is 0.494 e. The van der Waals surface area contributed by atoms with Crippen LogP contribution in [-0.2, 0) is 44.0 Å². The molecule has 0 aliphatic carbocycles. The summed E-state index contributed by atoms with van der Waals surface area (Å²) in [5.41, 5.74) is 3.83. The molecule has 0 radical (unpaired) electrons. The van der Waals surface area contributed by atoms with Crippen molar-refractivity contribution < 1.29 is 44.6 Å². The van der Waals surface area contributed by atoms with Gasteiger partial charge in [0.2, 0.25) is 0 Å². The van der Waals surface area contributed by atoms with Crippen LogP contribution in [0.3, 0.4) is 0 Å². The van der Waals surface area contributed by atoms with Gasteiger partial charge in [0, 0.05) is 47.8 Å². The maximum absolute atomic E-state index is 13.4. The Morgan fingerprint density at radius 1 is 0.486 bits per heavy atom. The van der Waals surface area contributed by atoms with E-state index in [4.69, 9.17) is 18.9 Å². The topological polar surface area (TPSA) is 244 Å². The number of hydrogen-bond donors (Lipinski definition) is 0. The number of hydrogen-bond acceptors (Lipinski definition) is 18. The second kappa shape index (κ2) is 22.5. The minimum atomic E-state index is -3.76. The number of aryl methyl sites for hydroxylation is 2. The van der Waals surface area contributed by atoms with Crippen LogP contribution >= 0.6 is 0 Å². The zero-order chi connectivity index (χ0) is 51.7. The Labute approximate surface area is 414 Å². The van der Waals surface area contributed by atoms with E-state index in [9.17, 15) is 25.6 Å². The second-order valence-electron chi connectivity index (χ2n) is 16.2. The monoisotopic (exact) mass is 1020 g/mol. The average molecular weight is 1030 g/mol. The minimum Gasteiger partial charge on any atom is -0.494 e. The predicted molar refractivity (Wildman–Crippen MR) is 260 cm³/mol. The molecule has 0 aliphatic rings. The van der Waals surface area contributed by atoms with Crippen LogP contribution in [0.25, 0.3) is 34.2 Å². The molecular formula is C48H50F2N12O8S2. The van der Waals surface area contributed by atoms with Gasteiger partial charge in [0.05, 0.1) is 63.7 Å². The molecule has 0 unspecified atom stereocenters. The lowest BCUT2D eigenvalue weighted by Crippen LogP contribution is -2.24. The van der Waals surface area contributed by atoms with Crippen molar-refractivity contribution in [1.82, 2.24) is 59.4 Å². The highest BCUT2D eigenvalue weighted by Crippen LogP contribution is 2.38. The van der Waals surface area contributed by atoms with E-state index in [1.807, 2.05) is 38.1 Å². The van der Waals surface area contributed by atoms with Gasteiger partial charge in [-0.05, 0) is 76.2 Å². The average Bonchev–Trinajstić information content (AvgIpc) is 3.98. The van der Waals surface area contributed by atoms with Crippen molar-refractivity contribution in [3.8, 4) is 57.1 Å². The molecule has 20 nitrogen and oxygen atoms in total. The fraction of sp³-hybridized carbons (Fsp3) is 0.292. The number of sulfone groups is 2. The number of pyridine rings is 2. The molecule has 8 aromatic rings. The van der Waals surface area contributed by atoms with Crippen LogP contribution in [0.1, 0.15) is 48.5 Å². The summed E-state index contributed by atoms with van der Waals surface area (Å²) in [6, 6.07) is 17.8. The number of aromatic nitrogens is 12. The molecule has 0 spiro atoms. The van der Waals surface area contributed by atoms with Gasteiger partial charge in [0.1, 0.15) is 57.5 Å². The van der Waals surface area contributed by atoms with Gasteiger partial charge < -0.3 is 18.9 Å². The van der Waals surface area contributed by atoms with E-state index in [2.05, 4.69) is 50.3 Å². The summed E-state index contributed by atoms with van der Waals surface area (Å²) in [5, 5.41) is 15.4. The van der Waals surface area contributed by atoms with Gasteiger partial charge in [-0.3, -0.25) is 19.1 Å². The molecule has 0 aliphatic heterocycles. The van der Waals surface area contributed by atoms with Crippen LogP contribution in [-0.4, -0.2) is 115 Å². The van der Waals surface area contributed by atoms with Crippen molar-refractivity contribution in [3.63, 3.8) is 0 Å². The molecular weight excluding hydrogens is 975 g/mol. The predicted octanol–water partition coefficient (Wildman–Crippen LogP) is 6.26. The van der Waals surface area contributed by atoms with Crippen LogP contribution in [0.4, 0.5) is 8.78 Å². The van der Waals surface area contributed by atoms with Crippen LogP contribution in [0.2, 0.25) is 0 Å². The maximum Gasteiger partial charge on any atom is 0.170 e. The summed E-state index contributed by atoms with van der Waals surface area (Å²) < 4.78 is 105. The first-order valence-electron chi connectivity index (χ1n) is 22.0. The maximum atomic E-state index is 13.4. The number of methoxy groups -OCH3 is 4. The summed E-state index contributed by atoms with van der Waals surface area (Å²) in [6.07, 6.45) is 7.35. The molecule has 6 aromatic heterocycles. The molecule has 2 atom stereocenters. The van der Waals surface area contributed by atoms with Gasteiger partial charge in [0.15, 0.2) is 54.6 Å². The lowest BCUT2D eigenvalue weighted by Gasteiger charge is -2.18. The van der Waals surface area contributed by atoms with E-state index in [1.54, 1.807) is 71.8 Å². The Morgan fingerprint density at radius 2 is 0.819 bits per heavy atom. The number of halogens is 2. The molecule has 6 heterocycles. The molecule has 0 saturated carbocycles. The Balaban J connectivity index is 0.000000211. The fourth-order valence-electron chi connectivity index (χ4n) is 7.27. The van der Waals surface area contributed by atoms with Gasteiger partial charge in [-0.2, -0.15) is 0 Å². The zero-order valence-electron chi connectivity index (χ0n) is 40.4. The summed E-state index contributed by atoms with van der Waals surface area (Å²) >= 11 is 0. The number of para-hydroxylation sites is 2. The molecule has 0 amide bonds. The lowest BCUT2D eigenvalue weighted by molar-refractivity contribution is 0.390. The molecule has 0 bridgehead atoms. The van der Waals surface area contributed by atoms with Crippen molar-refractivity contribution in [2.75, 3.05) is 28.4 Å². The van der Waals surface area contributed by atoms with E-state index in [0.29, 0.717) is 57.1 Å². The van der Waals surface area contributed by atoms with Crippen LogP contribution < -0.4 is 18.9 Å². The van der Waals surface area contributed by atoms with Crippen LogP contribution in [0.15, 0.2) is 97.8 Å². The second-order valence-corrected chi connectivity index (χ2v) is 21.1. The molecule has 72 heavy (non-hydrogen) atoms. The first kappa shape index (κ1) is 52.0. The summed E-state index contributed by atoms with van der Waals surface area (Å²) in [6.45, 7) is 6.83. The normalized spacial score (nSPS) is 12.4. The quantitative estimate of drug-likeness (QED) is 0.0920. The Kier molecular flexibility index (Phi) is 16.2. The third-order valence-corrected chi connectivity index (χ3v) is 15.3. The molecule has 0 N–H and O–H groups in total. The van der Waals surface area contributed by atoms with Crippen molar-refractivity contribution in [2.24, 2.45) is 0 Å².